The first-order chi connectivity index (χ1) is 13.9. The van der Waals surface area contributed by atoms with Crippen LogP contribution in [0.25, 0.3) is 0 Å². The summed E-state index contributed by atoms with van der Waals surface area (Å²) in [5.41, 5.74) is 6.43. The Morgan fingerprint density at radius 2 is 1.66 bits per heavy atom. The first kappa shape index (κ1) is 20.9. The van der Waals surface area contributed by atoms with Crippen molar-refractivity contribution in [3.63, 3.8) is 0 Å². The number of rotatable bonds is 8. The van der Waals surface area contributed by atoms with Crippen LogP contribution < -0.4 is 30.4 Å². The summed E-state index contributed by atoms with van der Waals surface area (Å²) in [7, 11) is -2.19. The number of ether oxygens (including phenoxy) is 2. The van der Waals surface area contributed by atoms with E-state index in [2.05, 4.69) is 20.9 Å². The van der Waals surface area contributed by atoms with Crippen LogP contribution in [0.2, 0.25) is 0 Å². The van der Waals surface area contributed by atoms with E-state index in [0.29, 0.717) is 29.5 Å². The molecular weight excluding hydrogens is 396 g/mol. The summed E-state index contributed by atoms with van der Waals surface area (Å²) in [5, 5.41) is 1.79. The van der Waals surface area contributed by atoms with E-state index in [0.717, 1.165) is 0 Å². The molecule has 9 nitrogen and oxygen atoms in total. The molecule has 1 saturated heterocycles. The van der Waals surface area contributed by atoms with Crippen molar-refractivity contribution < 1.29 is 22.7 Å². The molecule has 4 N–H and O–H groups in total. The number of hydrazine groups is 1. The molecule has 1 amide bonds. The molecule has 0 aromatic heterocycles. The fourth-order valence-corrected chi connectivity index (χ4v) is 4.10. The minimum atomic E-state index is -3.75. The highest BCUT2D eigenvalue weighted by Crippen LogP contribution is 2.21. The van der Waals surface area contributed by atoms with Gasteiger partial charge in [-0.3, -0.25) is 9.52 Å². The zero-order valence-electron chi connectivity index (χ0n) is 16.1. The van der Waals surface area contributed by atoms with Crippen LogP contribution in [0.1, 0.15) is 13.3 Å². The lowest BCUT2D eigenvalue weighted by atomic mass is 10.2. The van der Waals surface area contributed by atoms with Crippen LogP contribution in [0.5, 0.6) is 11.5 Å². The molecule has 0 spiro atoms. The van der Waals surface area contributed by atoms with Gasteiger partial charge >= 0.3 is 0 Å². The monoisotopic (exact) mass is 420 g/mol. The zero-order chi connectivity index (χ0) is 20.9. The van der Waals surface area contributed by atoms with E-state index in [4.69, 9.17) is 9.47 Å². The maximum absolute atomic E-state index is 12.6. The van der Waals surface area contributed by atoms with Crippen molar-refractivity contribution in [3.05, 3.63) is 48.5 Å². The minimum Gasteiger partial charge on any atom is -0.497 e. The Morgan fingerprint density at radius 3 is 2.28 bits per heavy atom. The molecule has 0 bridgehead atoms. The molecule has 156 valence electrons. The number of nitrogens with one attached hydrogen (secondary N) is 4. The Bertz CT molecular complexity index is 932. The number of hydrogen-bond donors (Lipinski definition) is 4. The first-order valence-electron chi connectivity index (χ1n) is 9.11. The summed E-state index contributed by atoms with van der Waals surface area (Å²) in [5.74, 6) is 1.00. The number of benzene rings is 2. The van der Waals surface area contributed by atoms with Crippen LogP contribution in [0.15, 0.2) is 48.5 Å². The Hall–Kier alpha value is -2.82. The Kier molecular flexibility index (Phi) is 6.57. The van der Waals surface area contributed by atoms with Gasteiger partial charge in [0.1, 0.15) is 22.9 Å². The van der Waals surface area contributed by atoms with Crippen molar-refractivity contribution in [2.24, 2.45) is 0 Å². The van der Waals surface area contributed by atoms with Gasteiger partial charge in [-0.1, -0.05) is 0 Å². The van der Waals surface area contributed by atoms with Crippen LogP contribution in [-0.2, 0) is 14.8 Å². The van der Waals surface area contributed by atoms with Gasteiger partial charge in [0.2, 0.25) is 15.9 Å². The molecule has 1 aliphatic heterocycles. The van der Waals surface area contributed by atoms with Crippen molar-refractivity contribution in [1.29, 1.82) is 0 Å². The van der Waals surface area contributed by atoms with Gasteiger partial charge in [0.15, 0.2) is 0 Å². The molecule has 10 heteroatoms. The molecule has 0 radical (unpaired) electrons. The maximum atomic E-state index is 12.6. The van der Waals surface area contributed by atoms with Gasteiger partial charge in [-0.15, -0.1) is 0 Å². The lowest BCUT2D eigenvalue weighted by Gasteiger charge is -2.14. The summed E-state index contributed by atoms with van der Waals surface area (Å²) in [6, 6.07) is 12.8. The molecule has 2 atom stereocenters. The van der Waals surface area contributed by atoms with Gasteiger partial charge in [-0.05, 0) is 55.5 Å². The second-order valence-corrected chi connectivity index (χ2v) is 8.25. The van der Waals surface area contributed by atoms with Gasteiger partial charge < -0.3 is 14.8 Å². The molecule has 2 aromatic carbocycles. The molecule has 2 unspecified atom stereocenters. The summed E-state index contributed by atoms with van der Waals surface area (Å²) < 4.78 is 38.2. The molecule has 0 saturated carbocycles. The quantitative estimate of drug-likeness (QED) is 0.513. The predicted molar refractivity (Wildman–Crippen MR) is 110 cm³/mol. The largest absolute Gasteiger partial charge is 0.497 e. The van der Waals surface area contributed by atoms with Crippen LogP contribution >= 0.6 is 0 Å². The average Bonchev–Trinajstić information content (AvgIpc) is 3.22. The van der Waals surface area contributed by atoms with Crippen molar-refractivity contribution in [2.75, 3.05) is 23.8 Å². The third-order valence-electron chi connectivity index (χ3n) is 4.34. The summed E-state index contributed by atoms with van der Waals surface area (Å²) in [6.07, 6.45) is 0.0777. The molecule has 2 aromatic rings. The van der Waals surface area contributed by atoms with Crippen LogP contribution in [0.4, 0.5) is 11.4 Å². The van der Waals surface area contributed by atoms with Crippen molar-refractivity contribution in [2.45, 2.75) is 24.8 Å². The molecule has 1 fully saturated rings. The lowest BCUT2D eigenvalue weighted by molar-refractivity contribution is -0.117. The summed E-state index contributed by atoms with van der Waals surface area (Å²) in [6.45, 7) is 2.40. The second kappa shape index (κ2) is 9.12. The fraction of sp³-hybridized carbons (Fsp3) is 0.316. The van der Waals surface area contributed by atoms with E-state index in [9.17, 15) is 13.2 Å². The van der Waals surface area contributed by atoms with E-state index >= 15 is 0 Å². The number of anilines is 2. The SMILES string of the molecule is CCOc1ccc(NS(=O)(=O)C2CC(C(=O)Nc3ccc(OC)cc3)NN2)cc1. The highest BCUT2D eigenvalue weighted by molar-refractivity contribution is 7.93. The minimum absolute atomic E-state index is 0.0777. The van der Waals surface area contributed by atoms with E-state index < -0.39 is 21.4 Å². The average molecular weight is 420 g/mol. The van der Waals surface area contributed by atoms with Crippen molar-refractivity contribution >= 4 is 27.3 Å². The highest BCUT2D eigenvalue weighted by Gasteiger charge is 2.37. The van der Waals surface area contributed by atoms with E-state index in [1.54, 1.807) is 55.6 Å². The number of methoxy groups -OCH3 is 1. The molecule has 29 heavy (non-hydrogen) atoms. The van der Waals surface area contributed by atoms with Crippen LogP contribution in [-0.4, -0.2) is 39.5 Å². The van der Waals surface area contributed by atoms with Gasteiger partial charge in [-0.2, -0.15) is 0 Å². The molecular formula is C19H24N4O5S. The zero-order valence-corrected chi connectivity index (χ0v) is 17.0. The Labute approximate surface area is 169 Å². The first-order valence-corrected chi connectivity index (χ1v) is 10.7. The molecule has 3 rings (SSSR count). The topological polar surface area (TPSA) is 118 Å². The smallest absolute Gasteiger partial charge is 0.250 e. The maximum Gasteiger partial charge on any atom is 0.250 e. The number of amides is 1. The fourth-order valence-electron chi connectivity index (χ4n) is 2.83. The van der Waals surface area contributed by atoms with E-state index in [1.807, 2.05) is 6.92 Å². The third-order valence-corrected chi connectivity index (χ3v) is 5.92. The number of sulfonamides is 1. The van der Waals surface area contributed by atoms with E-state index in [-0.39, 0.29) is 12.3 Å². The summed E-state index contributed by atoms with van der Waals surface area (Å²) >= 11 is 0. The van der Waals surface area contributed by atoms with Crippen LogP contribution in [0.3, 0.4) is 0 Å². The number of carbonyl (C=O) groups is 1. The van der Waals surface area contributed by atoms with Gasteiger partial charge in [0.05, 0.1) is 13.7 Å². The van der Waals surface area contributed by atoms with Gasteiger partial charge in [-0.25, -0.2) is 19.3 Å². The normalized spacial score (nSPS) is 18.8. The highest BCUT2D eigenvalue weighted by atomic mass is 32.2. The Morgan fingerprint density at radius 1 is 1.03 bits per heavy atom. The second-order valence-electron chi connectivity index (χ2n) is 6.39. The van der Waals surface area contributed by atoms with Crippen molar-refractivity contribution in [3.8, 4) is 11.5 Å². The predicted octanol–water partition coefficient (Wildman–Crippen LogP) is 1.67. The third kappa shape index (κ3) is 5.37. The van der Waals surface area contributed by atoms with Crippen molar-refractivity contribution in [1.82, 2.24) is 10.9 Å². The molecule has 0 aliphatic carbocycles. The summed E-state index contributed by atoms with van der Waals surface area (Å²) in [4.78, 5) is 12.4. The standard InChI is InChI=1S/C19H24N4O5S/c1-3-28-16-10-6-14(7-11-16)23-29(25,26)18-12-17(21-22-18)19(24)20-13-4-8-15(27-2)9-5-13/h4-11,17-18,21-23H,3,12H2,1-2H3,(H,20,24). The molecule has 1 heterocycles. The Balaban J connectivity index is 1.57. The van der Waals surface area contributed by atoms with Gasteiger partial charge in [0, 0.05) is 17.8 Å². The van der Waals surface area contributed by atoms with Crippen LogP contribution in [0, 0.1) is 0 Å². The lowest BCUT2D eigenvalue weighted by Crippen LogP contribution is -2.42. The number of carbonyl (C=O) groups excluding carboxylic acids is 1. The van der Waals surface area contributed by atoms with Gasteiger partial charge in [0.25, 0.3) is 0 Å². The van der Waals surface area contributed by atoms with E-state index in [1.165, 1.54) is 0 Å². The molecule has 1 aliphatic rings. The number of hydrogen-bond acceptors (Lipinski definition) is 7.